The molecule has 7 heteroatoms. The standard InChI is InChI=1S/C16H12Cl2N2O2S/c1-10-7-15(22-16(21)14-3-2-6-23-14)20(19-10)9-11-4-5-12(17)8-13(11)18/h2-8H,9H2,1H3. The van der Waals surface area contributed by atoms with E-state index in [1.807, 2.05) is 18.4 Å². The van der Waals surface area contributed by atoms with Crippen LogP contribution in [-0.2, 0) is 6.54 Å². The first kappa shape index (κ1) is 16.1. The monoisotopic (exact) mass is 366 g/mol. The number of hydrogen-bond acceptors (Lipinski definition) is 4. The Bertz CT molecular complexity index is 844. The van der Waals surface area contributed by atoms with Crippen LogP contribution in [0.25, 0.3) is 0 Å². The van der Waals surface area contributed by atoms with E-state index in [4.69, 9.17) is 27.9 Å². The van der Waals surface area contributed by atoms with E-state index in [9.17, 15) is 4.79 Å². The zero-order valence-corrected chi connectivity index (χ0v) is 14.5. The van der Waals surface area contributed by atoms with Gasteiger partial charge in [-0.25, -0.2) is 9.48 Å². The van der Waals surface area contributed by atoms with Crippen molar-refractivity contribution in [3.05, 3.63) is 68.0 Å². The average molecular weight is 367 g/mol. The molecule has 23 heavy (non-hydrogen) atoms. The summed E-state index contributed by atoms with van der Waals surface area (Å²) < 4.78 is 7.06. The second-order valence-corrected chi connectivity index (χ2v) is 6.68. The number of benzene rings is 1. The topological polar surface area (TPSA) is 44.1 Å². The van der Waals surface area contributed by atoms with E-state index in [1.165, 1.54) is 11.3 Å². The number of aryl methyl sites for hydroxylation is 1. The molecule has 0 aliphatic rings. The first-order valence-electron chi connectivity index (χ1n) is 6.77. The summed E-state index contributed by atoms with van der Waals surface area (Å²) in [4.78, 5) is 12.6. The fourth-order valence-corrected chi connectivity index (χ4v) is 3.14. The average Bonchev–Trinajstić information content (AvgIpc) is 3.12. The van der Waals surface area contributed by atoms with Crippen LogP contribution in [0.15, 0.2) is 41.8 Å². The number of carbonyl (C=O) groups excluding carboxylic acids is 1. The molecule has 0 amide bonds. The van der Waals surface area contributed by atoms with Gasteiger partial charge < -0.3 is 4.74 Å². The van der Waals surface area contributed by atoms with E-state index < -0.39 is 5.97 Å². The van der Waals surface area contributed by atoms with E-state index in [1.54, 1.807) is 35.0 Å². The summed E-state index contributed by atoms with van der Waals surface area (Å²) >= 11 is 13.4. The molecule has 3 aromatic rings. The van der Waals surface area contributed by atoms with Crippen molar-refractivity contribution in [1.29, 1.82) is 0 Å². The van der Waals surface area contributed by atoms with Gasteiger partial charge in [0.2, 0.25) is 5.88 Å². The van der Waals surface area contributed by atoms with Gasteiger partial charge in [-0.2, -0.15) is 5.10 Å². The quantitative estimate of drug-likeness (QED) is 0.621. The highest BCUT2D eigenvalue weighted by Crippen LogP contribution is 2.24. The molecule has 0 unspecified atom stereocenters. The van der Waals surface area contributed by atoms with Gasteiger partial charge in [0, 0.05) is 16.1 Å². The lowest BCUT2D eigenvalue weighted by Gasteiger charge is -2.09. The SMILES string of the molecule is Cc1cc(OC(=O)c2cccs2)n(Cc2ccc(Cl)cc2Cl)n1. The first-order chi connectivity index (χ1) is 11.0. The van der Waals surface area contributed by atoms with Crippen molar-refractivity contribution in [3.8, 4) is 5.88 Å². The lowest BCUT2D eigenvalue weighted by atomic mass is 10.2. The molecular weight excluding hydrogens is 355 g/mol. The van der Waals surface area contributed by atoms with Crippen LogP contribution in [-0.4, -0.2) is 15.7 Å². The molecule has 0 bridgehead atoms. The smallest absolute Gasteiger partial charge is 0.355 e. The number of nitrogens with zero attached hydrogens (tertiary/aromatic N) is 2. The lowest BCUT2D eigenvalue weighted by molar-refractivity contribution is 0.0724. The Labute approximate surface area is 147 Å². The van der Waals surface area contributed by atoms with Crippen molar-refractivity contribution >= 4 is 40.5 Å². The Morgan fingerprint density at radius 3 is 2.83 bits per heavy atom. The largest absolute Gasteiger partial charge is 0.404 e. The number of hydrogen-bond donors (Lipinski definition) is 0. The van der Waals surface area contributed by atoms with Crippen molar-refractivity contribution in [1.82, 2.24) is 9.78 Å². The van der Waals surface area contributed by atoms with Gasteiger partial charge in [-0.15, -0.1) is 11.3 Å². The predicted molar refractivity (Wildman–Crippen MR) is 91.8 cm³/mol. The van der Waals surface area contributed by atoms with Crippen LogP contribution in [0.2, 0.25) is 10.0 Å². The zero-order valence-electron chi connectivity index (χ0n) is 12.1. The Kier molecular flexibility index (Phi) is 4.71. The third-order valence-corrected chi connectivity index (χ3v) is 4.56. The van der Waals surface area contributed by atoms with Crippen molar-refractivity contribution < 1.29 is 9.53 Å². The van der Waals surface area contributed by atoms with Gasteiger partial charge in [0.25, 0.3) is 0 Å². The van der Waals surface area contributed by atoms with Crippen LogP contribution in [0.5, 0.6) is 5.88 Å². The Morgan fingerprint density at radius 2 is 2.13 bits per heavy atom. The van der Waals surface area contributed by atoms with Gasteiger partial charge in [0.05, 0.1) is 12.2 Å². The van der Waals surface area contributed by atoms with E-state index in [-0.39, 0.29) is 0 Å². The fourth-order valence-electron chi connectivity index (χ4n) is 2.07. The van der Waals surface area contributed by atoms with Crippen molar-refractivity contribution in [2.24, 2.45) is 0 Å². The Hall–Kier alpha value is -1.82. The molecule has 118 valence electrons. The second-order valence-electron chi connectivity index (χ2n) is 4.88. The number of aromatic nitrogens is 2. The van der Waals surface area contributed by atoms with Gasteiger partial charge in [-0.05, 0) is 36.1 Å². The van der Waals surface area contributed by atoms with Crippen molar-refractivity contribution in [2.75, 3.05) is 0 Å². The summed E-state index contributed by atoms with van der Waals surface area (Å²) in [5.74, 6) is -0.0183. The summed E-state index contributed by atoms with van der Waals surface area (Å²) in [7, 11) is 0. The molecule has 4 nitrogen and oxygen atoms in total. The minimum absolute atomic E-state index is 0.381. The van der Waals surface area contributed by atoms with Crippen LogP contribution in [0.3, 0.4) is 0 Å². The molecular formula is C16H12Cl2N2O2S. The van der Waals surface area contributed by atoms with Crippen molar-refractivity contribution in [2.45, 2.75) is 13.5 Å². The molecule has 0 atom stereocenters. The maximum atomic E-state index is 12.1. The third kappa shape index (κ3) is 3.75. The van der Waals surface area contributed by atoms with Crippen LogP contribution < -0.4 is 4.74 Å². The summed E-state index contributed by atoms with van der Waals surface area (Å²) in [6, 6.07) is 10.5. The number of rotatable bonds is 4. The highest BCUT2D eigenvalue weighted by Gasteiger charge is 2.15. The molecule has 0 radical (unpaired) electrons. The number of esters is 1. The molecule has 2 heterocycles. The second kappa shape index (κ2) is 6.74. The van der Waals surface area contributed by atoms with Gasteiger partial charge in [0.1, 0.15) is 4.88 Å². The molecule has 0 spiro atoms. The van der Waals surface area contributed by atoms with Gasteiger partial charge in [-0.3, -0.25) is 0 Å². The normalized spacial score (nSPS) is 10.7. The minimum atomic E-state index is -0.400. The predicted octanol–water partition coefficient (Wildman–Crippen LogP) is 4.83. The lowest BCUT2D eigenvalue weighted by Crippen LogP contribution is -2.12. The van der Waals surface area contributed by atoms with Gasteiger partial charge in [0.15, 0.2) is 0 Å². The fraction of sp³-hybridized carbons (Fsp3) is 0.125. The first-order valence-corrected chi connectivity index (χ1v) is 8.40. The van der Waals surface area contributed by atoms with E-state index in [2.05, 4.69) is 5.10 Å². The highest BCUT2D eigenvalue weighted by atomic mass is 35.5. The number of carbonyl (C=O) groups is 1. The van der Waals surface area contributed by atoms with Crippen LogP contribution >= 0.6 is 34.5 Å². The molecule has 3 rings (SSSR count). The Morgan fingerprint density at radius 1 is 1.30 bits per heavy atom. The highest BCUT2D eigenvalue weighted by molar-refractivity contribution is 7.12. The third-order valence-electron chi connectivity index (χ3n) is 3.12. The van der Waals surface area contributed by atoms with Gasteiger partial charge in [-0.1, -0.05) is 35.3 Å². The molecule has 2 aromatic heterocycles. The summed E-state index contributed by atoms with van der Waals surface area (Å²) in [6.07, 6.45) is 0. The summed E-state index contributed by atoms with van der Waals surface area (Å²) in [6.45, 7) is 2.22. The van der Waals surface area contributed by atoms with Crippen LogP contribution in [0.1, 0.15) is 20.9 Å². The number of ether oxygens (including phenoxy) is 1. The Balaban J connectivity index is 1.84. The zero-order chi connectivity index (χ0) is 16.4. The van der Waals surface area contributed by atoms with Crippen molar-refractivity contribution in [3.63, 3.8) is 0 Å². The minimum Gasteiger partial charge on any atom is -0.404 e. The molecule has 0 fully saturated rings. The molecule has 0 aliphatic heterocycles. The van der Waals surface area contributed by atoms with Crippen LogP contribution in [0, 0.1) is 6.92 Å². The number of thiophene rings is 1. The van der Waals surface area contributed by atoms with E-state index >= 15 is 0 Å². The maximum absolute atomic E-state index is 12.1. The maximum Gasteiger partial charge on any atom is 0.355 e. The molecule has 0 saturated carbocycles. The van der Waals surface area contributed by atoms with Gasteiger partial charge >= 0.3 is 5.97 Å². The summed E-state index contributed by atoms with van der Waals surface area (Å²) in [5, 5.41) is 7.29. The molecule has 1 aromatic carbocycles. The van der Waals surface area contributed by atoms with Crippen LogP contribution in [0.4, 0.5) is 0 Å². The number of halogens is 2. The molecule has 0 N–H and O–H groups in total. The molecule has 0 saturated heterocycles. The summed E-state index contributed by atoms with van der Waals surface area (Å²) in [5.41, 5.74) is 1.59. The van der Waals surface area contributed by atoms with E-state index in [0.717, 1.165) is 11.3 Å². The molecule has 0 aliphatic carbocycles. The van der Waals surface area contributed by atoms with E-state index in [0.29, 0.717) is 27.3 Å².